The lowest BCUT2D eigenvalue weighted by Crippen LogP contribution is -2.19. The normalized spacial score (nSPS) is 11.2. The van der Waals surface area contributed by atoms with Crippen LogP contribution in [0.25, 0.3) is 0 Å². The Morgan fingerprint density at radius 1 is 1.30 bits per heavy atom. The topological polar surface area (TPSA) is 46.4 Å². The molecule has 1 aromatic heterocycles. The fraction of sp³-hybridized carbons (Fsp3) is 0.250. The van der Waals surface area contributed by atoms with Crippen molar-refractivity contribution < 1.29 is 4.79 Å². The van der Waals surface area contributed by atoms with E-state index < -0.39 is 0 Å². The lowest BCUT2D eigenvalue weighted by Gasteiger charge is -2.04. The molecule has 104 valence electrons. The smallest absolute Gasteiger partial charge is 0.244 e. The monoisotopic (exact) mass is 269 g/mol. The minimum Gasteiger partial charge on any atom is -0.351 e. The Morgan fingerprint density at radius 3 is 2.70 bits per heavy atom. The molecule has 4 heteroatoms. The van der Waals surface area contributed by atoms with Crippen LogP contribution >= 0.6 is 0 Å². The Balaban J connectivity index is 1.84. The van der Waals surface area contributed by atoms with Gasteiger partial charge in [-0.05, 0) is 25.5 Å². The molecule has 0 aliphatic heterocycles. The quantitative estimate of drug-likeness (QED) is 0.658. The second-order valence-electron chi connectivity index (χ2n) is 4.94. The third kappa shape index (κ3) is 4.09. The van der Waals surface area contributed by atoms with Crippen molar-refractivity contribution in [1.82, 2.24) is 9.99 Å². The lowest BCUT2D eigenvalue weighted by atomic mass is 10.1. The van der Waals surface area contributed by atoms with E-state index in [1.807, 2.05) is 48.8 Å². The summed E-state index contributed by atoms with van der Waals surface area (Å²) in [6.07, 6.45) is 5.99. The van der Waals surface area contributed by atoms with Gasteiger partial charge in [-0.1, -0.05) is 30.3 Å². The van der Waals surface area contributed by atoms with Gasteiger partial charge >= 0.3 is 0 Å². The molecule has 4 nitrogen and oxygen atoms in total. The summed E-state index contributed by atoms with van der Waals surface area (Å²) < 4.78 is 2.09. The van der Waals surface area contributed by atoms with Crippen LogP contribution in [0.3, 0.4) is 0 Å². The van der Waals surface area contributed by atoms with Gasteiger partial charge in [0, 0.05) is 24.0 Å². The average Bonchev–Trinajstić information content (AvgIpc) is 2.89. The zero-order chi connectivity index (χ0) is 14.4. The molecular formula is C16H19N3O. The van der Waals surface area contributed by atoms with Crippen LogP contribution in [0.5, 0.6) is 0 Å². The van der Waals surface area contributed by atoms with Crippen molar-refractivity contribution in [2.45, 2.75) is 26.3 Å². The first kappa shape index (κ1) is 14.1. The molecule has 0 aliphatic rings. The van der Waals surface area contributed by atoms with Crippen LogP contribution in [0.1, 0.15) is 31.0 Å². The number of carbonyl (C=O) groups excluding carboxylic acids is 1. The lowest BCUT2D eigenvalue weighted by molar-refractivity contribution is -0.120. The number of nitrogens with one attached hydrogen (secondary N) is 1. The third-order valence-electron chi connectivity index (χ3n) is 2.94. The van der Waals surface area contributed by atoms with Crippen molar-refractivity contribution in [2.75, 3.05) is 0 Å². The zero-order valence-corrected chi connectivity index (χ0v) is 11.8. The number of hydrogen-bond acceptors (Lipinski definition) is 2. The van der Waals surface area contributed by atoms with Crippen molar-refractivity contribution in [3.8, 4) is 0 Å². The largest absolute Gasteiger partial charge is 0.351 e. The Hall–Kier alpha value is -2.36. The standard InChI is InChI=1S/C16H19N3O/c1-13(2)19-9-8-15(12-19)11-17-18-16(20)10-14-6-4-3-5-7-14/h3-9,11-13H,10H2,1-2H3,(H,18,20)/b17-11-. The van der Waals surface area contributed by atoms with Gasteiger partial charge in [-0.15, -0.1) is 0 Å². The van der Waals surface area contributed by atoms with E-state index in [0.717, 1.165) is 11.1 Å². The third-order valence-corrected chi connectivity index (χ3v) is 2.94. The van der Waals surface area contributed by atoms with Gasteiger partial charge in [-0.2, -0.15) is 5.10 Å². The summed E-state index contributed by atoms with van der Waals surface area (Å²) in [4.78, 5) is 11.7. The Bertz CT molecular complexity index is 585. The highest BCUT2D eigenvalue weighted by atomic mass is 16.2. The molecule has 1 N–H and O–H groups in total. The first-order chi connectivity index (χ1) is 9.65. The fourth-order valence-electron chi connectivity index (χ4n) is 1.83. The van der Waals surface area contributed by atoms with Crippen LogP contribution in [0.2, 0.25) is 0 Å². The second-order valence-corrected chi connectivity index (χ2v) is 4.94. The number of rotatable bonds is 5. The maximum Gasteiger partial charge on any atom is 0.244 e. The summed E-state index contributed by atoms with van der Waals surface area (Å²) in [5, 5.41) is 3.97. The van der Waals surface area contributed by atoms with Crippen molar-refractivity contribution in [3.05, 3.63) is 59.9 Å². The van der Waals surface area contributed by atoms with Crippen LogP contribution in [-0.4, -0.2) is 16.7 Å². The van der Waals surface area contributed by atoms with Crippen LogP contribution in [0.15, 0.2) is 53.9 Å². The molecule has 0 atom stereocenters. The van der Waals surface area contributed by atoms with Crippen molar-refractivity contribution in [2.24, 2.45) is 5.10 Å². The van der Waals surface area contributed by atoms with Gasteiger partial charge < -0.3 is 4.57 Å². The first-order valence-electron chi connectivity index (χ1n) is 6.68. The number of nitrogens with zero attached hydrogens (tertiary/aromatic N) is 2. The summed E-state index contributed by atoms with van der Waals surface area (Å²) in [6.45, 7) is 4.23. The van der Waals surface area contributed by atoms with E-state index >= 15 is 0 Å². The van der Waals surface area contributed by atoms with E-state index in [2.05, 4.69) is 28.9 Å². The first-order valence-corrected chi connectivity index (χ1v) is 6.68. The van der Waals surface area contributed by atoms with Crippen LogP contribution in [-0.2, 0) is 11.2 Å². The number of carbonyl (C=O) groups is 1. The molecule has 2 aromatic rings. The highest BCUT2D eigenvalue weighted by Gasteiger charge is 2.01. The minimum absolute atomic E-state index is 0.115. The molecule has 0 aliphatic carbocycles. The fourth-order valence-corrected chi connectivity index (χ4v) is 1.83. The molecule has 0 saturated heterocycles. The molecule has 0 bridgehead atoms. The summed E-state index contributed by atoms with van der Waals surface area (Å²) in [5.74, 6) is -0.115. The van der Waals surface area contributed by atoms with Crippen LogP contribution in [0, 0.1) is 0 Å². The van der Waals surface area contributed by atoms with Crippen molar-refractivity contribution in [1.29, 1.82) is 0 Å². The van der Waals surface area contributed by atoms with Gasteiger partial charge in [-0.25, -0.2) is 5.43 Å². The molecule has 0 radical (unpaired) electrons. The van der Waals surface area contributed by atoms with Gasteiger partial charge in [-0.3, -0.25) is 4.79 Å². The number of amides is 1. The van der Waals surface area contributed by atoms with Crippen molar-refractivity contribution in [3.63, 3.8) is 0 Å². The van der Waals surface area contributed by atoms with E-state index in [0.29, 0.717) is 12.5 Å². The maximum absolute atomic E-state index is 11.7. The SMILES string of the molecule is CC(C)n1ccc(/C=N\NC(=O)Cc2ccccc2)c1. The van der Waals surface area contributed by atoms with Gasteiger partial charge in [0.15, 0.2) is 0 Å². The summed E-state index contributed by atoms with van der Waals surface area (Å²) in [7, 11) is 0. The maximum atomic E-state index is 11.7. The Kier molecular flexibility index (Phi) is 4.71. The van der Waals surface area contributed by atoms with Gasteiger partial charge in [0.25, 0.3) is 0 Å². The average molecular weight is 269 g/mol. The van der Waals surface area contributed by atoms with Crippen LogP contribution < -0.4 is 5.43 Å². The van der Waals surface area contributed by atoms with Gasteiger partial charge in [0.1, 0.15) is 0 Å². The number of aromatic nitrogens is 1. The highest BCUT2D eigenvalue weighted by molar-refractivity contribution is 5.83. The van der Waals surface area contributed by atoms with Crippen LogP contribution in [0.4, 0.5) is 0 Å². The minimum atomic E-state index is -0.115. The molecule has 2 rings (SSSR count). The predicted molar refractivity (Wildman–Crippen MR) is 80.7 cm³/mol. The van der Waals surface area contributed by atoms with E-state index in [9.17, 15) is 4.79 Å². The van der Waals surface area contributed by atoms with Gasteiger partial charge in [0.05, 0.1) is 12.6 Å². The Labute approximate surface area is 119 Å². The van der Waals surface area contributed by atoms with E-state index in [1.54, 1.807) is 6.21 Å². The predicted octanol–water partition coefficient (Wildman–Crippen LogP) is 2.76. The molecule has 1 heterocycles. The molecule has 1 amide bonds. The van der Waals surface area contributed by atoms with Gasteiger partial charge in [0.2, 0.25) is 5.91 Å². The molecule has 20 heavy (non-hydrogen) atoms. The number of hydrogen-bond donors (Lipinski definition) is 1. The molecule has 0 spiro atoms. The molecule has 0 unspecified atom stereocenters. The highest BCUT2D eigenvalue weighted by Crippen LogP contribution is 2.06. The number of benzene rings is 1. The van der Waals surface area contributed by atoms with E-state index in [1.165, 1.54) is 0 Å². The van der Waals surface area contributed by atoms with E-state index in [4.69, 9.17) is 0 Å². The summed E-state index contributed by atoms with van der Waals surface area (Å²) >= 11 is 0. The zero-order valence-electron chi connectivity index (χ0n) is 11.8. The molecule has 0 saturated carbocycles. The summed E-state index contributed by atoms with van der Waals surface area (Å²) in [6, 6.07) is 12.0. The van der Waals surface area contributed by atoms with Crippen molar-refractivity contribution >= 4 is 12.1 Å². The van der Waals surface area contributed by atoms with E-state index in [-0.39, 0.29) is 5.91 Å². The molecule has 1 aromatic carbocycles. The Morgan fingerprint density at radius 2 is 2.05 bits per heavy atom. The molecule has 0 fully saturated rings. The second kappa shape index (κ2) is 6.70. The molecular weight excluding hydrogens is 250 g/mol. The number of hydrazone groups is 1. The summed E-state index contributed by atoms with van der Waals surface area (Å²) in [5.41, 5.74) is 4.49.